The Morgan fingerprint density at radius 1 is 1.28 bits per heavy atom. The molecule has 1 heterocycles. The quantitative estimate of drug-likeness (QED) is 0.716. The van der Waals surface area contributed by atoms with Crippen molar-refractivity contribution in [2.75, 3.05) is 20.1 Å². The van der Waals surface area contributed by atoms with E-state index in [1.165, 1.54) is 0 Å². The molecular weight excluding hydrogens is 340 g/mol. The first-order valence-electron chi connectivity index (χ1n) is 8.54. The fraction of sp³-hybridized carbons (Fsp3) is 0.556. The first-order chi connectivity index (χ1) is 11.5. The van der Waals surface area contributed by atoms with Crippen LogP contribution in [0.2, 0.25) is 0 Å². The van der Waals surface area contributed by atoms with Gasteiger partial charge >= 0.3 is 6.03 Å². The molecule has 1 fully saturated rings. The summed E-state index contributed by atoms with van der Waals surface area (Å²) >= 11 is 0. The summed E-state index contributed by atoms with van der Waals surface area (Å²) in [4.78, 5) is 26.7. The highest BCUT2D eigenvalue weighted by atomic mass is 35.5. The summed E-state index contributed by atoms with van der Waals surface area (Å²) in [6.07, 6.45) is 0.952. The average Bonchev–Trinajstić information content (AvgIpc) is 3.11. The van der Waals surface area contributed by atoms with E-state index < -0.39 is 6.04 Å². The van der Waals surface area contributed by atoms with Crippen molar-refractivity contribution in [1.29, 1.82) is 0 Å². The molecule has 1 aliphatic heterocycles. The maximum Gasteiger partial charge on any atom is 0.315 e. The molecule has 0 saturated carbocycles. The summed E-state index contributed by atoms with van der Waals surface area (Å²) < 4.78 is 0. The Kier molecular flexibility index (Phi) is 8.72. The summed E-state index contributed by atoms with van der Waals surface area (Å²) in [6, 6.07) is 9.06. The molecule has 0 radical (unpaired) electrons. The standard InChI is InChI=1S/C18H28N4O2.ClH/c1-13(2)16(17(23)22(3)15-9-10-19-12-15)21-18(24)20-11-14-7-5-4-6-8-14;/h4-8,13,15-16,19H,9-12H2,1-3H3,(H2,20,21,24);1H. The first-order valence-corrected chi connectivity index (χ1v) is 8.54. The molecule has 1 aromatic rings. The number of likely N-dealkylation sites (N-methyl/N-ethyl adjacent to an activating group) is 1. The number of benzene rings is 1. The third-order valence-electron chi connectivity index (χ3n) is 4.44. The van der Waals surface area contributed by atoms with Gasteiger partial charge in [0.15, 0.2) is 0 Å². The van der Waals surface area contributed by atoms with Gasteiger partial charge in [0.2, 0.25) is 5.91 Å². The Bertz CT molecular complexity index is 547. The summed E-state index contributed by atoms with van der Waals surface area (Å²) in [5.74, 6) is -0.00894. The smallest absolute Gasteiger partial charge is 0.315 e. The highest BCUT2D eigenvalue weighted by Gasteiger charge is 2.31. The van der Waals surface area contributed by atoms with Gasteiger partial charge in [0.1, 0.15) is 6.04 Å². The van der Waals surface area contributed by atoms with E-state index in [1.54, 1.807) is 4.90 Å². The molecule has 2 unspecified atom stereocenters. The molecule has 7 heteroatoms. The van der Waals surface area contributed by atoms with Crippen LogP contribution in [0.4, 0.5) is 4.79 Å². The summed E-state index contributed by atoms with van der Waals surface area (Å²) in [7, 11) is 1.82. The fourth-order valence-corrected chi connectivity index (χ4v) is 2.85. The van der Waals surface area contributed by atoms with Gasteiger partial charge in [0.25, 0.3) is 0 Å². The van der Waals surface area contributed by atoms with Crippen LogP contribution >= 0.6 is 12.4 Å². The van der Waals surface area contributed by atoms with Crippen molar-refractivity contribution < 1.29 is 9.59 Å². The number of carbonyl (C=O) groups excluding carboxylic acids is 2. The Hall–Kier alpha value is -1.79. The summed E-state index contributed by atoms with van der Waals surface area (Å²) in [6.45, 7) is 6.07. The van der Waals surface area contributed by atoms with Crippen LogP contribution in [0.3, 0.4) is 0 Å². The zero-order chi connectivity index (χ0) is 17.5. The number of amides is 3. The van der Waals surface area contributed by atoms with E-state index in [1.807, 2.05) is 51.2 Å². The van der Waals surface area contributed by atoms with Crippen LogP contribution in [0.1, 0.15) is 25.8 Å². The molecule has 2 atom stereocenters. The maximum absolute atomic E-state index is 12.7. The molecular formula is C18H29ClN4O2. The number of nitrogens with one attached hydrogen (secondary N) is 3. The van der Waals surface area contributed by atoms with Gasteiger partial charge in [-0.3, -0.25) is 4.79 Å². The van der Waals surface area contributed by atoms with E-state index in [4.69, 9.17) is 0 Å². The monoisotopic (exact) mass is 368 g/mol. The second-order valence-electron chi connectivity index (χ2n) is 6.63. The van der Waals surface area contributed by atoms with Crippen LogP contribution in [0.5, 0.6) is 0 Å². The topological polar surface area (TPSA) is 73.5 Å². The third kappa shape index (κ3) is 6.21. The molecule has 140 valence electrons. The molecule has 0 aromatic heterocycles. The van der Waals surface area contributed by atoms with Crippen LogP contribution in [0, 0.1) is 5.92 Å². The fourth-order valence-electron chi connectivity index (χ4n) is 2.85. The number of urea groups is 1. The van der Waals surface area contributed by atoms with E-state index in [-0.39, 0.29) is 36.3 Å². The summed E-state index contributed by atoms with van der Waals surface area (Å²) in [5, 5.41) is 8.91. The van der Waals surface area contributed by atoms with Gasteiger partial charge in [0, 0.05) is 26.2 Å². The number of rotatable bonds is 6. The molecule has 3 amide bonds. The Morgan fingerprint density at radius 2 is 1.96 bits per heavy atom. The van der Waals surface area contributed by atoms with E-state index in [0.717, 1.165) is 25.1 Å². The number of hydrogen-bond donors (Lipinski definition) is 3. The van der Waals surface area contributed by atoms with Crippen molar-refractivity contribution in [1.82, 2.24) is 20.9 Å². The second kappa shape index (κ2) is 10.3. The van der Waals surface area contributed by atoms with Crippen molar-refractivity contribution in [2.45, 2.75) is 38.9 Å². The van der Waals surface area contributed by atoms with Crippen LogP contribution in [-0.4, -0.2) is 49.1 Å². The Morgan fingerprint density at radius 3 is 2.52 bits per heavy atom. The van der Waals surface area contributed by atoms with Gasteiger partial charge in [-0.05, 0) is 24.4 Å². The molecule has 25 heavy (non-hydrogen) atoms. The molecule has 6 nitrogen and oxygen atoms in total. The van der Waals surface area contributed by atoms with Gasteiger partial charge in [-0.25, -0.2) is 4.79 Å². The van der Waals surface area contributed by atoms with Crippen molar-refractivity contribution in [3.8, 4) is 0 Å². The minimum absolute atomic E-state index is 0. The molecule has 1 aromatic carbocycles. The lowest BCUT2D eigenvalue weighted by Crippen LogP contribution is -2.54. The number of halogens is 1. The van der Waals surface area contributed by atoms with Crippen LogP contribution in [0.15, 0.2) is 30.3 Å². The van der Waals surface area contributed by atoms with E-state index in [2.05, 4.69) is 16.0 Å². The number of nitrogens with zero attached hydrogens (tertiary/aromatic N) is 1. The SMILES string of the molecule is CC(C)C(NC(=O)NCc1ccccc1)C(=O)N(C)C1CCNC1.Cl. The molecule has 0 spiro atoms. The molecule has 0 bridgehead atoms. The van der Waals surface area contributed by atoms with Crippen molar-refractivity contribution >= 4 is 24.3 Å². The Balaban J connectivity index is 0.00000312. The molecule has 1 aliphatic rings. The number of hydrogen-bond acceptors (Lipinski definition) is 3. The lowest BCUT2D eigenvalue weighted by molar-refractivity contribution is -0.134. The first kappa shape index (κ1) is 21.3. The van der Waals surface area contributed by atoms with Crippen LogP contribution < -0.4 is 16.0 Å². The normalized spacial score (nSPS) is 17.5. The molecule has 1 saturated heterocycles. The average molecular weight is 369 g/mol. The van der Waals surface area contributed by atoms with Crippen molar-refractivity contribution in [3.05, 3.63) is 35.9 Å². The molecule has 0 aliphatic carbocycles. The van der Waals surface area contributed by atoms with Gasteiger partial charge < -0.3 is 20.9 Å². The van der Waals surface area contributed by atoms with Crippen LogP contribution in [0.25, 0.3) is 0 Å². The third-order valence-corrected chi connectivity index (χ3v) is 4.44. The highest BCUT2D eigenvalue weighted by molar-refractivity contribution is 5.87. The zero-order valence-corrected chi connectivity index (χ0v) is 15.9. The van der Waals surface area contributed by atoms with E-state index in [9.17, 15) is 9.59 Å². The largest absolute Gasteiger partial charge is 0.340 e. The predicted octanol–water partition coefficient (Wildman–Crippen LogP) is 1.75. The lowest BCUT2D eigenvalue weighted by atomic mass is 10.0. The maximum atomic E-state index is 12.7. The lowest BCUT2D eigenvalue weighted by Gasteiger charge is -2.30. The number of carbonyl (C=O) groups is 2. The van der Waals surface area contributed by atoms with Gasteiger partial charge in [0.05, 0.1) is 0 Å². The summed E-state index contributed by atoms with van der Waals surface area (Å²) in [5.41, 5.74) is 1.02. The van der Waals surface area contributed by atoms with Crippen LogP contribution in [-0.2, 0) is 11.3 Å². The van der Waals surface area contributed by atoms with Gasteiger partial charge in [-0.1, -0.05) is 44.2 Å². The minimum Gasteiger partial charge on any atom is -0.340 e. The minimum atomic E-state index is -0.522. The van der Waals surface area contributed by atoms with Gasteiger partial charge in [-0.15, -0.1) is 12.4 Å². The molecule has 3 N–H and O–H groups in total. The van der Waals surface area contributed by atoms with E-state index in [0.29, 0.717) is 6.54 Å². The van der Waals surface area contributed by atoms with Crippen molar-refractivity contribution in [2.24, 2.45) is 5.92 Å². The second-order valence-corrected chi connectivity index (χ2v) is 6.63. The predicted molar refractivity (Wildman–Crippen MR) is 102 cm³/mol. The van der Waals surface area contributed by atoms with E-state index >= 15 is 0 Å². The molecule has 2 rings (SSSR count). The Labute approximate surface area is 156 Å². The van der Waals surface area contributed by atoms with Crippen molar-refractivity contribution in [3.63, 3.8) is 0 Å². The van der Waals surface area contributed by atoms with Gasteiger partial charge in [-0.2, -0.15) is 0 Å². The highest BCUT2D eigenvalue weighted by Crippen LogP contribution is 2.12. The zero-order valence-electron chi connectivity index (χ0n) is 15.1.